The van der Waals surface area contributed by atoms with Crippen molar-refractivity contribution in [1.82, 2.24) is 19.8 Å². The Morgan fingerprint density at radius 2 is 1.92 bits per heavy atom. The summed E-state index contributed by atoms with van der Waals surface area (Å²) in [4.78, 5) is 13.1. The number of aryl methyl sites for hydroxylation is 1. The third-order valence-corrected chi connectivity index (χ3v) is 6.74. The Bertz CT molecular complexity index is 837. The van der Waals surface area contributed by atoms with Crippen molar-refractivity contribution in [2.45, 2.75) is 32.1 Å². The molecule has 8 heteroatoms. The van der Waals surface area contributed by atoms with E-state index in [0.717, 1.165) is 30.9 Å². The molecule has 0 bridgehead atoms. The zero-order valence-electron chi connectivity index (χ0n) is 14.2. The van der Waals surface area contributed by atoms with Crippen molar-refractivity contribution in [3.63, 3.8) is 0 Å². The normalized spacial score (nSPS) is 26.6. The van der Waals surface area contributed by atoms with Crippen LogP contribution in [0.1, 0.15) is 17.1 Å². The van der Waals surface area contributed by atoms with E-state index in [1.54, 1.807) is 12.5 Å². The van der Waals surface area contributed by atoms with Crippen LogP contribution in [0.25, 0.3) is 0 Å². The summed E-state index contributed by atoms with van der Waals surface area (Å²) in [7, 11) is -3.02. The minimum atomic E-state index is -3.02. The Labute approximate surface area is 147 Å². The minimum absolute atomic E-state index is 0.00688. The average molecular weight is 362 g/mol. The summed E-state index contributed by atoms with van der Waals surface area (Å²) in [5, 5.41) is 0. The third-order valence-electron chi connectivity index (χ3n) is 5.05. The molecule has 2 atom stereocenters. The summed E-state index contributed by atoms with van der Waals surface area (Å²) in [5.74, 6) is 1.09. The van der Waals surface area contributed by atoms with Crippen LogP contribution in [-0.2, 0) is 22.9 Å². The summed E-state index contributed by atoms with van der Waals surface area (Å²) in [6.07, 6.45) is 5.27. The van der Waals surface area contributed by atoms with Crippen LogP contribution in [-0.4, -0.2) is 64.9 Å². The second-order valence-electron chi connectivity index (χ2n) is 6.87. The summed E-state index contributed by atoms with van der Waals surface area (Å²) >= 11 is 0. The van der Waals surface area contributed by atoms with Crippen molar-refractivity contribution in [1.29, 1.82) is 0 Å². The van der Waals surface area contributed by atoms with E-state index in [-0.39, 0.29) is 23.6 Å². The first-order chi connectivity index (χ1) is 12.0. The quantitative estimate of drug-likeness (QED) is 0.798. The number of oxazole rings is 1. The smallest absolute Gasteiger partial charge is 0.191 e. The Kier molecular flexibility index (Phi) is 4.35. The molecule has 0 radical (unpaired) electrons. The molecule has 134 valence electrons. The summed E-state index contributed by atoms with van der Waals surface area (Å²) in [6.45, 7) is 4.85. The van der Waals surface area contributed by atoms with Crippen molar-refractivity contribution < 1.29 is 12.8 Å². The number of pyridine rings is 1. The minimum Gasteiger partial charge on any atom is -0.449 e. The highest BCUT2D eigenvalue weighted by Gasteiger charge is 2.46. The van der Waals surface area contributed by atoms with Crippen LogP contribution in [0, 0.1) is 6.92 Å². The van der Waals surface area contributed by atoms with Crippen LogP contribution in [0.15, 0.2) is 35.2 Å². The first kappa shape index (κ1) is 16.7. The van der Waals surface area contributed by atoms with Crippen molar-refractivity contribution in [2.24, 2.45) is 0 Å². The molecule has 0 amide bonds. The fraction of sp³-hybridized carbons (Fsp3) is 0.529. The van der Waals surface area contributed by atoms with Gasteiger partial charge in [0.2, 0.25) is 0 Å². The molecule has 2 aliphatic heterocycles. The monoisotopic (exact) mass is 362 g/mol. The maximum Gasteiger partial charge on any atom is 0.191 e. The van der Waals surface area contributed by atoms with Crippen molar-refractivity contribution in [3.8, 4) is 0 Å². The van der Waals surface area contributed by atoms with Crippen molar-refractivity contribution in [3.05, 3.63) is 47.9 Å². The van der Waals surface area contributed by atoms with Crippen molar-refractivity contribution in [2.75, 3.05) is 24.6 Å². The molecule has 4 rings (SSSR count). The molecule has 2 fully saturated rings. The van der Waals surface area contributed by atoms with E-state index >= 15 is 0 Å². The standard InChI is InChI=1S/C17H22N4O3S/c1-13-19-15(10-24-13)9-21-6-5-20(8-14-3-2-4-18-7-14)16-11-25(22,23)12-17(16)21/h2-4,7,10,16-17H,5-6,8-9,11-12H2,1H3/t16-,17+/m1/s1. The summed E-state index contributed by atoms with van der Waals surface area (Å²) in [5.41, 5.74) is 1.98. The van der Waals surface area contributed by atoms with Gasteiger partial charge in [0, 0.05) is 57.6 Å². The summed E-state index contributed by atoms with van der Waals surface area (Å²) < 4.78 is 29.9. The predicted octanol–water partition coefficient (Wildman–Crippen LogP) is 0.861. The lowest BCUT2D eigenvalue weighted by Gasteiger charge is -2.43. The van der Waals surface area contributed by atoms with Crippen LogP contribution in [0.5, 0.6) is 0 Å². The van der Waals surface area contributed by atoms with E-state index < -0.39 is 9.84 Å². The SMILES string of the molecule is Cc1nc(CN2CCN(Cc3cccnc3)[C@@H]3CS(=O)(=O)C[C@@H]32)co1. The molecular formula is C17H22N4O3S. The first-order valence-corrected chi connectivity index (χ1v) is 10.3. The molecule has 4 heterocycles. The van der Waals surface area contributed by atoms with Gasteiger partial charge in [-0.2, -0.15) is 0 Å². The fourth-order valence-electron chi connectivity index (χ4n) is 3.90. The topological polar surface area (TPSA) is 79.5 Å². The van der Waals surface area contributed by atoms with E-state index in [9.17, 15) is 8.42 Å². The highest BCUT2D eigenvalue weighted by Crippen LogP contribution is 2.29. The summed E-state index contributed by atoms with van der Waals surface area (Å²) in [6, 6.07) is 3.98. The zero-order chi connectivity index (χ0) is 17.4. The molecule has 0 spiro atoms. The lowest BCUT2D eigenvalue weighted by atomic mass is 10.0. The fourth-order valence-corrected chi connectivity index (χ4v) is 5.95. The molecule has 0 N–H and O–H groups in total. The van der Waals surface area contributed by atoms with Crippen LogP contribution in [0.4, 0.5) is 0 Å². The van der Waals surface area contributed by atoms with E-state index in [1.807, 2.05) is 25.3 Å². The predicted molar refractivity (Wildman–Crippen MR) is 92.5 cm³/mol. The maximum atomic E-state index is 12.3. The maximum absolute atomic E-state index is 12.3. The van der Waals surface area contributed by atoms with Gasteiger partial charge >= 0.3 is 0 Å². The molecule has 25 heavy (non-hydrogen) atoms. The van der Waals surface area contributed by atoms with Gasteiger partial charge in [0.1, 0.15) is 6.26 Å². The van der Waals surface area contributed by atoms with Crippen LogP contribution >= 0.6 is 0 Å². The van der Waals surface area contributed by atoms with Gasteiger partial charge in [0.05, 0.1) is 17.2 Å². The first-order valence-electron chi connectivity index (χ1n) is 8.49. The third kappa shape index (κ3) is 3.61. The van der Waals surface area contributed by atoms with Gasteiger partial charge in [-0.15, -0.1) is 0 Å². The number of aromatic nitrogens is 2. The Balaban J connectivity index is 1.53. The van der Waals surface area contributed by atoms with Gasteiger partial charge in [-0.1, -0.05) is 6.07 Å². The van der Waals surface area contributed by atoms with Crippen molar-refractivity contribution >= 4 is 9.84 Å². The van der Waals surface area contributed by atoms with Gasteiger partial charge in [-0.3, -0.25) is 14.8 Å². The van der Waals surface area contributed by atoms with Crippen LogP contribution in [0.2, 0.25) is 0 Å². The number of nitrogens with zero attached hydrogens (tertiary/aromatic N) is 4. The number of hydrogen-bond donors (Lipinski definition) is 0. The number of hydrogen-bond acceptors (Lipinski definition) is 7. The van der Waals surface area contributed by atoms with E-state index in [0.29, 0.717) is 12.4 Å². The highest BCUT2D eigenvalue weighted by atomic mass is 32.2. The Hall–Kier alpha value is -1.77. The van der Waals surface area contributed by atoms with E-state index in [1.165, 1.54) is 0 Å². The lowest BCUT2D eigenvalue weighted by molar-refractivity contribution is 0.0347. The van der Waals surface area contributed by atoms with Crippen LogP contribution in [0.3, 0.4) is 0 Å². The molecule has 0 saturated carbocycles. The molecule has 7 nitrogen and oxygen atoms in total. The van der Waals surface area contributed by atoms with E-state index in [4.69, 9.17) is 4.42 Å². The molecule has 0 unspecified atom stereocenters. The molecule has 2 saturated heterocycles. The number of sulfone groups is 1. The van der Waals surface area contributed by atoms with Crippen LogP contribution < -0.4 is 0 Å². The van der Waals surface area contributed by atoms with Gasteiger partial charge in [0.25, 0.3) is 0 Å². The van der Waals surface area contributed by atoms with Gasteiger partial charge in [0.15, 0.2) is 15.7 Å². The highest BCUT2D eigenvalue weighted by molar-refractivity contribution is 7.91. The van der Waals surface area contributed by atoms with Gasteiger partial charge in [-0.25, -0.2) is 13.4 Å². The second-order valence-corrected chi connectivity index (χ2v) is 9.03. The molecule has 2 aliphatic rings. The largest absolute Gasteiger partial charge is 0.449 e. The Morgan fingerprint density at radius 3 is 2.52 bits per heavy atom. The molecule has 2 aromatic heterocycles. The molecule has 0 aliphatic carbocycles. The number of rotatable bonds is 4. The average Bonchev–Trinajstić information content (AvgIpc) is 3.13. The van der Waals surface area contributed by atoms with Gasteiger partial charge in [-0.05, 0) is 11.6 Å². The number of piperazine rings is 1. The lowest BCUT2D eigenvalue weighted by Crippen LogP contribution is -2.58. The molecular weight excluding hydrogens is 340 g/mol. The molecule has 0 aromatic carbocycles. The number of fused-ring (bicyclic) bond motifs is 1. The van der Waals surface area contributed by atoms with E-state index in [2.05, 4.69) is 19.8 Å². The second kappa shape index (κ2) is 6.51. The molecule has 2 aromatic rings. The Morgan fingerprint density at radius 1 is 1.20 bits per heavy atom. The zero-order valence-corrected chi connectivity index (χ0v) is 15.0. The van der Waals surface area contributed by atoms with Gasteiger partial charge < -0.3 is 4.42 Å².